The maximum absolute atomic E-state index is 10.9. The van der Waals surface area contributed by atoms with Crippen molar-refractivity contribution in [1.29, 1.82) is 0 Å². The smallest absolute Gasteiger partial charge is 0.122 e. The highest BCUT2D eigenvalue weighted by atomic mass is 32.2. The highest BCUT2D eigenvalue weighted by molar-refractivity contribution is 7.99. The fraction of sp³-hybridized carbons (Fsp3) is 0.600. The van der Waals surface area contributed by atoms with Gasteiger partial charge in [-0.3, -0.25) is 0 Å². The van der Waals surface area contributed by atoms with Crippen molar-refractivity contribution >= 4 is 11.8 Å². The van der Waals surface area contributed by atoms with E-state index in [2.05, 4.69) is 32.9 Å². The van der Waals surface area contributed by atoms with Gasteiger partial charge in [-0.2, -0.15) is 11.8 Å². The highest BCUT2D eigenvalue weighted by Crippen LogP contribution is 2.41. The SMILES string of the molecule is CCCCCCCCCCCCSCC(c1cc(C)cc(C)c1O)c1cc(C)cc(C)c1O. The summed E-state index contributed by atoms with van der Waals surface area (Å²) in [6.07, 6.45) is 13.6. The Morgan fingerprint density at radius 3 is 1.52 bits per heavy atom. The standard InChI is InChI=1S/C30H46O2S/c1-6-7-8-9-10-11-12-13-14-15-16-33-21-28(26-19-22(2)17-24(4)29(26)31)27-20-23(3)18-25(5)30(27)32/h17-20,28,31-32H,6-16,21H2,1-5H3. The van der Waals surface area contributed by atoms with E-state index in [1.54, 1.807) is 0 Å². The van der Waals surface area contributed by atoms with Crippen LogP contribution in [0.15, 0.2) is 24.3 Å². The molecule has 2 rings (SSSR count). The number of hydrogen-bond acceptors (Lipinski definition) is 3. The third-order valence-electron chi connectivity index (χ3n) is 6.63. The van der Waals surface area contributed by atoms with Gasteiger partial charge in [0.1, 0.15) is 11.5 Å². The Balaban J connectivity index is 1.94. The van der Waals surface area contributed by atoms with Crippen molar-refractivity contribution in [2.24, 2.45) is 0 Å². The molecule has 0 aromatic heterocycles. The zero-order valence-corrected chi connectivity index (χ0v) is 22.5. The molecule has 0 amide bonds. The number of phenolic OH excluding ortho intramolecular Hbond substituents is 2. The van der Waals surface area contributed by atoms with E-state index >= 15 is 0 Å². The Morgan fingerprint density at radius 2 is 1.06 bits per heavy atom. The first-order valence-corrected chi connectivity index (χ1v) is 14.2. The highest BCUT2D eigenvalue weighted by Gasteiger charge is 2.23. The summed E-state index contributed by atoms with van der Waals surface area (Å²) in [4.78, 5) is 0. The van der Waals surface area contributed by atoms with Gasteiger partial charge in [0, 0.05) is 22.8 Å². The Kier molecular flexibility index (Phi) is 12.2. The fourth-order valence-electron chi connectivity index (χ4n) is 4.76. The summed E-state index contributed by atoms with van der Waals surface area (Å²) in [5.74, 6) is 2.71. The Hall–Kier alpha value is -1.61. The van der Waals surface area contributed by atoms with E-state index in [4.69, 9.17) is 0 Å². The minimum Gasteiger partial charge on any atom is -0.507 e. The molecule has 184 valence electrons. The second-order valence-corrected chi connectivity index (χ2v) is 11.0. The number of thioether (sulfide) groups is 1. The lowest BCUT2D eigenvalue weighted by Crippen LogP contribution is -2.08. The van der Waals surface area contributed by atoms with Crippen LogP contribution in [0.3, 0.4) is 0 Å². The molecule has 0 spiro atoms. The van der Waals surface area contributed by atoms with Crippen LogP contribution in [0.5, 0.6) is 11.5 Å². The lowest BCUT2D eigenvalue weighted by atomic mass is 9.87. The average molecular weight is 471 g/mol. The van der Waals surface area contributed by atoms with Crippen molar-refractivity contribution in [1.82, 2.24) is 0 Å². The van der Waals surface area contributed by atoms with Gasteiger partial charge in [-0.15, -0.1) is 0 Å². The Morgan fingerprint density at radius 1 is 0.636 bits per heavy atom. The number of hydrogen-bond donors (Lipinski definition) is 2. The molecule has 0 unspecified atom stereocenters. The normalized spacial score (nSPS) is 11.5. The maximum atomic E-state index is 10.9. The summed E-state index contributed by atoms with van der Waals surface area (Å²) in [7, 11) is 0. The molecule has 0 atom stereocenters. The second kappa shape index (κ2) is 14.6. The minimum absolute atomic E-state index is 0.0182. The van der Waals surface area contributed by atoms with Crippen molar-refractivity contribution in [2.45, 2.75) is 105 Å². The summed E-state index contributed by atoms with van der Waals surface area (Å²) < 4.78 is 0. The van der Waals surface area contributed by atoms with Crippen molar-refractivity contribution in [2.75, 3.05) is 11.5 Å². The number of phenols is 2. The van der Waals surface area contributed by atoms with Gasteiger partial charge in [-0.25, -0.2) is 0 Å². The predicted octanol–water partition coefficient (Wildman–Crippen LogP) is 9.12. The van der Waals surface area contributed by atoms with Crippen LogP contribution in [0.4, 0.5) is 0 Å². The molecule has 0 aliphatic rings. The van der Waals surface area contributed by atoms with E-state index in [0.717, 1.165) is 44.9 Å². The minimum atomic E-state index is -0.0182. The van der Waals surface area contributed by atoms with E-state index in [1.807, 2.05) is 37.7 Å². The molecule has 2 aromatic carbocycles. The van der Waals surface area contributed by atoms with Crippen LogP contribution in [0.2, 0.25) is 0 Å². The van der Waals surface area contributed by atoms with E-state index in [-0.39, 0.29) is 5.92 Å². The van der Waals surface area contributed by atoms with Crippen LogP contribution in [0.25, 0.3) is 0 Å². The summed E-state index contributed by atoms with van der Waals surface area (Å²) >= 11 is 1.95. The van der Waals surface area contributed by atoms with Crippen LogP contribution in [0, 0.1) is 27.7 Å². The lowest BCUT2D eigenvalue weighted by molar-refractivity contribution is 0.452. The molecule has 3 heteroatoms. The number of rotatable bonds is 15. The topological polar surface area (TPSA) is 40.5 Å². The molecule has 0 aliphatic carbocycles. The van der Waals surface area contributed by atoms with Gasteiger partial charge in [-0.05, 0) is 51.0 Å². The summed E-state index contributed by atoms with van der Waals surface area (Å²) in [6.45, 7) is 10.3. The van der Waals surface area contributed by atoms with Gasteiger partial charge < -0.3 is 10.2 Å². The number of benzene rings is 2. The monoisotopic (exact) mass is 470 g/mol. The van der Waals surface area contributed by atoms with Crippen LogP contribution in [0.1, 0.15) is 110 Å². The first kappa shape index (κ1) is 27.6. The quantitative estimate of drug-likeness (QED) is 0.255. The molecule has 0 aliphatic heterocycles. The van der Waals surface area contributed by atoms with Crippen molar-refractivity contribution in [3.05, 3.63) is 57.6 Å². The van der Waals surface area contributed by atoms with E-state index in [9.17, 15) is 10.2 Å². The number of aryl methyl sites for hydroxylation is 4. The third-order valence-corrected chi connectivity index (χ3v) is 7.77. The molecule has 0 saturated carbocycles. The van der Waals surface area contributed by atoms with Crippen LogP contribution < -0.4 is 0 Å². The van der Waals surface area contributed by atoms with E-state index < -0.39 is 0 Å². The van der Waals surface area contributed by atoms with Crippen molar-refractivity contribution < 1.29 is 10.2 Å². The van der Waals surface area contributed by atoms with Crippen LogP contribution in [-0.4, -0.2) is 21.7 Å². The molecule has 33 heavy (non-hydrogen) atoms. The molecule has 0 fully saturated rings. The molecular formula is C30H46O2S. The molecule has 2 nitrogen and oxygen atoms in total. The van der Waals surface area contributed by atoms with Gasteiger partial charge in [0.2, 0.25) is 0 Å². The van der Waals surface area contributed by atoms with Crippen LogP contribution >= 0.6 is 11.8 Å². The number of unbranched alkanes of at least 4 members (excludes halogenated alkanes) is 9. The van der Waals surface area contributed by atoms with Gasteiger partial charge in [0.05, 0.1) is 0 Å². The zero-order chi connectivity index (χ0) is 24.2. The largest absolute Gasteiger partial charge is 0.507 e. The van der Waals surface area contributed by atoms with E-state index in [0.29, 0.717) is 11.5 Å². The summed E-state index contributed by atoms with van der Waals surface area (Å²) in [6, 6.07) is 8.22. The third kappa shape index (κ3) is 8.92. The lowest BCUT2D eigenvalue weighted by Gasteiger charge is -2.23. The van der Waals surface area contributed by atoms with Gasteiger partial charge >= 0.3 is 0 Å². The summed E-state index contributed by atoms with van der Waals surface area (Å²) in [5.41, 5.74) is 5.96. The molecule has 0 saturated heterocycles. The first-order valence-electron chi connectivity index (χ1n) is 13.0. The average Bonchev–Trinajstić information content (AvgIpc) is 2.77. The van der Waals surface area contributed by atoms with Crippen molar-refractivity contribution in [3.63, 3.8) is 0 Å². The molecule has 2 aromatic rings. The fourth-order valence-corrected chi connectivity index (χ4v) is 5.93. The first-order chi connectivity index (χ1) is 15.8. The number of aromatic hydroxyl groups is 2. The Bertz CT molecular complexity index is 801. The molecule has 0 bridgehead atoms. The molecular weight excluding hydrogens is 424 g/mol. The zero-order valence-electron chi connectivity index (χ0n) is 21.7. The molecule has 0 heterocycles. The van der Waals surface area contributed by atoms with Crippen molar-refractivity contribution in [3.8, 4) is 11.5 Å². The Labute approximate surface area is 207 Å². The van der Waals surface area contributed by atoms with Gasteiger partial charge in [-0.1, -0.05) is 100 Å². The van der Waals surface area contributed by atoms with Gasteiger partial charge in [0.25, 0.3) is 0 Å². The maximum Gasteiger partial charge on any atom is 0.122 e. The summed E-state index contributed by atoms with van der Waals surface area (Å²) in [5, 5.41) is 21.8. The molecule has 2 N–H and O–H groups in total. The van der Waals surface area contributed by atoms with Crippen LogP contribution in [-0.2, 0) is 0 Å². The van der Waals surface area contributed by atoms with E-state index in [1.165, 1.54) is 64.2 Å². The van der Waals surface area contributed by atoms with Gasteiger partial charge in [0.15, 0.2) is 0 Å². The second-order valence-electron chi connectivity index (χ2n) is 9.85. The predicted molar refractivity (Wildman–Crippen MR) is 146 cm³/mol. The molecule has 0 radical (unpaired) electrons.